The molecule has 1 rings (SSSR count). The summed E-state index contributed by atoms with van der Waals surface area (Å²) >= 11 is 0. The van der Waals surface area contributed by atoms with E-state index in [-0.39, 0.29) is 0 Å². The maximum Gasteiger partial charge on any atom is 0.328 e. The van der Waals surface area contributed by atoms with Gasteiger partial charge in [0.05, 0.1) is 7.11 Å². The molecule has 0 saturated carbocycles. The van der Waals surface area contributed by atoms with Crippen molar-refractivity contribution >= 4 is 5.97 Å². The van der Waals surface area contributed by atoms with Gasteiger partial charge in [-0.15, -0.1) is 0 Å². The van der Waals surface area contributed by atoms with Crippen LogP contribution in [-0.4, -0.2) is 23.2 Å². The summed E-state index contributed by atoms with van der Waals surface area (Å²) in [5.74, 6) is -0.667. The van der Waals surface area contributed by atoms with Crippen LogP contribution in [0.5, 0.6) is 5.88 Å². The van der Waals surface area contributed by atoms with Crippen LogP contribution in [-0.2, 0) is 10.3 Å². The van der Waals surface area contributed by atoms with Gasteiger partial charge in [0.1, 0.15) is 5.54 Å². The summed E-state index contributed by atoms with van der Waals surface area (Å²) < 4.78 is 4.84. The Bertz CT molecular complexity index is 332. The molecule has 0 bridgehead atoms. The van der Waals surface area contributed by atoms with E-state index in [1.54, 1.807) is 12.1 Å². The molecule has 0 radical (unpaired) electrons. The van der Waals surface area contributed by atoms with E-state index >= 15 is 0 Å². The fourth-order valence-electron chi connectivity index (χ4n) is 0.932. The molecule has 0 aliphatic heterocycles. The number of carbonyl (C=O) groups is 1. The largest absolute Gasteiger partial charge is 0.481 e. The van der Waals surface area contributed by atoms with Gasteiger partial charge in [-0.2, -0.15) is 0 Å². The summed E-state index contributed by atoms with van der Waals surface area (Å²) in [6, 6.07) is 3.16. The highest BCUT2D eigenvalue weighted by Crippen LogP contribution is 2.18. The Morgan fingerprint density at radius 2 is 2.29 bits per heavy atom. The lowest BCUT2D eigenvalue weighted by Crippen LogP contribution is -2.41. The van der Waals surface area contributed by atoms with Gasteiger partial charge in [0.2, 0.25) is 5.88 Å². The lowest BCUT2D eigenvalue weighted by atomic mass is 9.95. The number of ether oxygens (including phenoxy) is 1. The smallest absolute Gasteiger partial charge is 0.328 e. The molecule has 0 fully saturated rings. The topological polar surface area (TPSA) is 85.4 Å². The van der Waals surface area contributed by atoms with Crippen molar-refractivity contribution in [3.05, 3.63) is 23.9 Å². The number of aliphatic carboxylic acids is 1. The Morgan fingerprint density at radius 3 is 2.64 bits per heavy atom. The normalized spacial score (nSPS) is 14.5. The second kappa shape index (κ2) is 3.63. The zero-order valence-electron chi connectivity index (χ0n) is 8.02. The fraction of sp³-hybridized carbons (Fsp3) is 0.333. The SMILES string of the molecule is COc1ccc([C@](C)(N)C(=O)O)cn1. The number of pyridine rings is 1. The Labute approximate surface area is 81.5 Å². The van der Waals surface area contributed by atoms with Crippen molar-refractivity contribution in [1.82, 2.24) is 4.98 Å². The van der Waals surface area contributed by atoms with E-state index in [2.05, 4.69) is 4.98 Å². The summed E-state index contributed by atoms with van der Waals surface area (Å²) in [5.41, 5.74) is 4.61. The molecule has 0 aromatic carbocycles. The van der Waals surface area contributed by atoms with E-state index in [0.29, 0.717) is 11.4 Å². The molecular weight excluding hydrogens is 184 g/mol. The molecule has 0 saturated heterocycles. The zero-order valence-corrected chi connectivity index (χ0v) is 8.02. The minimum atomic E-state index is -1.42. The Balaban J connectivity index is 3.02. The number of carboxylic acid groups (broad SMARTS) is 1. The van der Waals surface area contributed by atoms with Gasteiger partial charge in [-0.1, -0.05) is 0 Å². The average Bonchev–Trinajstić information content (AvgIpc) is 2.17. The first kappa shape index (κ1) is 10.5. The summed E-state index contributed by atoms with van der Waals surface area (Å²) in [4.78, 5) is 14.7. The van der Waals surface area contributed by atoms with Crippen molar-refractivity contribution in [2.75, 3.05) is 7.11 Å². The Kier molecular flexibility index (Phi) is 2.71. The number of aromatic nitrogens is 1. The van der Waals surface area contributed by atoms with Gasteiger partial charge >= 0.3 is 5.97 Å². The molecule has 0 unspecified atom stereocenters. The fourth-order valence-corrected chi connectivity index (χ4v) is 0.932. The van der Waals surface area contributed by atoms with Crippen LogP contribution in [0.25, 0.3) is 0 Å². The van der Waals surface area contributed by atoms with Crippen molar-refractivity contribution in [3.8, 4) is 5.88 Å². The number of hydrogen-bond acceptors (Lipinski definition) is 4. The molecule has 14 heavy (non-hydrogen) atoms. The molecule has 0 spiro atoms. The second-order valence-corrected chi connectivity index (χ2v) is 3.10. The van der Waals surface area contributed by atoms with Crippen LogP contribution in [0.1, 0.15) is 12.5 Å². The zero-order chi connectivity index (χ0) is 10.8. The van der Waals surface area contributed by atoms with Gasteiger partial charge in [0, 0.05) is 17.8 Å². The maximum atomic E-state index is 10.8. The van der Waals surface area contributed by atoms with Gasteiger partial charge in [-0.05, 0) is 13.0 Å². The first-order valence-corrected chi connectivity index (χ1v) is 4.01. The molecule has 0 aliphatic rings. The van der Waals surface area contributed by atoms with Crippen LogP contribution in [0.3, 0.4) is 0 Å². The van der Waals surface area contributed by atoms with Crippen LogP contribution in [0.4, 0.5) is 0 Å². The van der Waals surface area contributed by atoms with Crippen molar-refractivity contribution in [2.45, 2.75) is 12.5 Å². The van der Waals surface area contributed by atoms with Crippen LogP contribution >= 0.6 is 0 Å². The van der Waals surface area contributed by atoms with Crippen molar-refractivity contribution < 1.29 is 14.6 Å². The third kappa shape index (κ3) is 1.82. The number of methoxy groups -OCH3 is 1. The predicted octanol–water partition coefficient (Wildman–Crippen LogP) is 0.349. The third-order valence-corrected chi connectivity index (χ3v) is 1.99. The summed E-state index contributed by atoms with van der Waals surface area (Å²) in [6.45, 7) is 1.42. The lowest BCUT2D eigenvalue weighted by Gasteiger charge is -2.18. The van der Waals surface area contributed by atoms with Crippen molar-refractivity contribution in [1.29, 1.82) is 0 Å². The van der Waals surface area contributed by atoms with E-state index < -0.39 is 11.5 Å². The number of hydrogen-bond donors (Lipinski definition) is 2. The minimum absolute atomic E-state index is 0.426. The highest BCUT2D eigenvalue weighted by Gasteiger charge is 2.30. The molecule has 0 amide bonds. The average molecular weight is 196 g/mol. The van der Waals surface area contributed by atoms with Crippen molar-refractivity contribution in [3.63, 3.8) is 0 Å². The molecule has 3 N–H and O–H groups in total. The Morgan fingerprint density at radius 1 is 1.64 bits per heavy atom. The monoisotopic (exact) mass is 196 g/mol. The first-order valence-electron chi connectivity index (χ1n) is 4.01. The van der Waals surface area contributed by atoms with E-state index in [9.17, 15) is 4.79 Å². The molecule has 5 nitrogen and oxygen atoms in total. The molecule has 76 valence electrons. The second-order valence-electron chi connectivity index (χ2n) is 3.10. The highest BCUT2D eigenvalue weighted by molar-refractivity contribution is 5.79. The van der Waals surface area contributed by atoms with E-state index in [0.717, 1.165) is 0 Å². The van der Waals surface area contributed by atoms with Gasteiger partial charge in [0.25, 0.3) is 0 Å². The third-order valence-electron chi connectivity index (χ3n) is 1.99. The van der Waals surface area contributed by atoms with Crippen LogP contribution in [0.15, 0.2) is 18.3 Å². The lowest BCUT2D eigenvalue weighted by molar-refractivity contribution is -0.143. The van der Waals surface area contributed by atoms with Gasteiger partial charge in [0.15, 0.2) is 0 Å². The predicted molar refractivity (Wildman–Crippen MR) is 50.0 cm³/mol. The number of carboxylic acids is 1. The van der Waals surface area contributed by atoms with E-state index in [1.807, 2.05) is 0 Å². The first-order chi connectivity index (χ1) is 6.48. The molecule has 1 atom stereocenters. The van der Waals surface area contributed by atoms with Crippen LogP contribution < -0.4 is 10.5 Å². The van der Waals surface area contributed by atoms with Crippen LogP contribution in [0.2, 0.25) is 0 Å². The number of nitrogens with zero attached hydrogens (tertiary/aromatic N) is 1. The van der Waals surface area contributed by atoms with Gasteiger partial charge < -0.3 is 15.6 Å². The van der Waals surface area contributed by atoms with E-state index in [1.165, 1.54) is 20.2 Å². The molecule has 0 aliphatic carbocycles. The maximum absolute atomic E-state index is 10.8. The van der Waals surface area contributed by atoms with Crippen LogP contribution in [0, 0.1) is 0 Å². The quantitative estimate of drug-likeness (QED) is 0.728. The van der Waals surface area contributed by atoms with Gasteiger partial charge in [-0.25, -0.2) is 9.78 Å². The highest BCUT2D eigenvalue weighted by atomic mass is 16.5. The minimum Gasteiger partial charge on any atom is -0.481 e. The summed E-state index contributed by atoms with van der Waals surface area (Å²) in [6.07, 6.45) is 1.40. The molecule has 5 heteroatoms. The molecule has 1 aromatic heterocycles. The molecule has 1 heterocycles. The molecular formula is C9H12N2O3. The van der Waals surface area contributed by atoms with E-state index in [4.69, 9.17) is 15.6 Å². The standard InChI is InChI=1S/C9H12N2O3/c1-9(10,8(12)13)6-3-4-7(14-2)11-5-6/h3-5H,10H2,1-2H3,(H,12,13)/t9-/m0/s1. The number of rotatable bonds is 3. The summed E-state index contributed by atoms with van der Waals surface area (Å²) in [7, 11) is 1.49. The molecule has 1 aromatic rings. The number of nitrogens with two attached hydrogens (primary N) is 1. The van der Waals surface area contributed by atoms with Gasteiger partial charge in [-0.3, -0.25) is 0 Å². The summed E-state index contributed by atoms with van der Waals surface area (Å²) in [5, 5.41) is 8.84. The Hall–Kier alpha value is -1.62. The van der Waals surface area contributed by atoms with Crippen molar-refractivity contribution in [2.24, 2.45) is 5.73 Å².